The molecule has 1 aliphatic rings. The summed E-state index contributed by atoms with van der Waals surface area (Å²) in [7, 11) is 1.66. The van der Waals surface area contributed by atoms with E-state index in [9.17, 15) is 0 Å². The van der Waals surface area contributed by atoms with Crippen LogP contribution in [0.3, 0.4) is 0 Å². The number of H-pyrrole nitrogens is 1. The molecular formula is C12H18N2O2S. The Labute approximate surface area is 106 Å². The molecule has 1 aromatic rings. The van der Waals surface area contributed by atoms with Crippen LogP contribution in [0, 0.1) is 10.6 Å². The average molecular weight is 254 g/mol. The van der Waals surface area contributed by atoms with Crippen molar-refractivity contribution < 1.29 is 9.47 Å². The van der Waals surface area contributed by atoms with Gasteiger partial charge in [-0.25, -0.2) is 4.98 Å². The smallest absolute Gasteiger partial charge is 0.137 e. The van der Waals surface area contributed by atoms with E-state index >= 15 is 0 Å². The van der Waals surface area contributed by atoms with Gasteiger partial charge in [0, 0.05) is 19.4 Å². The van der Waals surface area contributed by atoms with Gasteiger partial charge in [0.15, 0.2) is 0 Å². The third-order valence-electron chi connectivity index (χ3n) is 2.78. The van der Waals surface area contributed by atoms with Crippen molar-refractivity contribution in [2.75, 3.05) is 13.7 Å². The first-order valence-corrected chi connectivity index (χ1v) is 6.36. The van der Waals surface area contributed by atoms with Gasteiger partial charge < -0.3 is 14.5 Å². The van der Waals surface area contributed by atoms with Crippen LogP contribution in [0.4, 0.5) is 0 Å². The minimum Gasteiger partial charge on any atom is -0.378 e. The van der Waals surface area contributed by atoms with E-state index in [0.717, 1.165) is 11.5 Å². The summed E-state index contributed by atoms with van der Waals surface area (Å²) in [5, 5.41) is 0. The second-order valence-electron chi connectivity index (χ2n) is 4.28. The van der Waals surface area contributed by atoms with Gasteiger partial charge in [-0.05, 0) is 31.7 Å². The minimum absolute atomic E-state index is 0.0542. The molecule has 2 rings (SSSR count). The molecule has 17 heavy (non-hydrogen) atoms. The molecule has 1 N–H and O–H groups in total. The summed E-state index contributed by atoms with van der Waals surface area (Å²) in [6.45, 7) is 3.21. The van der Waals surface area contributed by atoms with E-state index < -0.39 is 0 Å². The van der Waals surface area contributed by atoms with Crippen molar-refractivity contribution in [2.24, 2.45) is 5.92 Å². The van der Waals surface area contributed by atoms with Crippen LogP contribution in [-0.2, 0) is 16.1 Å². The van der Waals surface area contributed by atoms with Gasteiger partial charge in [-0.15, -0.1) is 0 Å². The molecule has 0 spiro atoms. The van der Waals surface area contributed by atoms with Gasteiger partial charge in [-0.2, -0.15) is 0 Å². The van der Waals surface area contributed by atoms with E-state index in [1.54, 1.807) is 7.11 Å². The third-order valence-corrected chi connectivity index (χ3v) is 2.99. The number of aromatic amines is 1. The average Bonchev–Trinajstić information content (AvgIpc) is 3.09. The largest absolute Gasteiger partial charge is 0.378 e. The molecule has 1 aromatic heterocycles. The Balaban J connectivity index is 2.25. The van der Waals surface area contributed by atoms with Crippen molar-refractivity contribution in [1.82, 2.24) is 9.97 Å². The number of rotatable bonds is 6. The normalized spacial score (nSPS) is 17.1. The van der Waals surface area contributed by atoms with Crippen LogP contribution in [-0.4, -0.2) is 23.7 Å². The van der Waals surface area contributed by atoms with Gasteiger partial charge in [0.05, 0.1) is 6.61 Å². The summed E-state index contributed by atoms with van der Waals surface area (Å²) < 4.78 is 11.5. The fourth-order valence-corrected chi connectivity index (χ4v) is 2.15. The third kappa shape index (κ3) is 3.34. The molecule has 0 saturated heterocycles. The van der Waals surface area contributed by atoms with Crippen LogP contribution in [0.25, 0.3) is 0 Å². The van der Waals surface area contributed by atoms with Crippen molar-refractivity contribution in [3.05, 3.63) is 22.2 Å². The van der Waals surface area contributed by atoms with Crippen LogP contribution in [0.5, 0.6) is 0 Å². The zero-order chi connectivity index (χ0) is 12.3. The van der Waals surface area contributed by atoms with Crippen molar-refractivity contribution >= 4 is 12.2 Å². The van der Waals surface area contributed by atoms with E-state index in [1.807, 2.05) is 13.0 Å². The topological polar surface area (TPSA) is 47.1 Å². The lowest BCUT2D eigenvalue weighted by Crippen LogP contribution is -2.12. The predicted molar refractivity (Wildman–Crippen MR) is 67.2 cm³/mol. The van der Waals surface area contributed by atoms with E-state index in [-0.39, 0.29) is 6.10 Å². The molecule has 0 bridgehead atoms. The predicted octanol–water partition coefficient (Wildman–Crippen LogP) is 2.77. The molecule has 5 heteroatoms. The maximum Gasteiger partial charge on any atom is 0.137 e. The lowest BCUT2D eigenvalue weighted by atomic mass is 10.2. The quantitative estimate of drug-likeness (QED) is 0.793. The minimum atomic E-state index is 0.0542. The number of nitrogens with one attached hydrogen (secondary N) is 1. The molecule has 0 aromatic carbocycles. The molecule has 1 fully saturated rings. The van der Waals surface area contributed by atoms with Crippen LogP contribution < -0.4 is 0 Å². The van der Waals surface area contributed by atoms with Gasteiger partial charge in [-0.3, -0.25) is 0 Å². The van der Waals surface area contributed by atoms with Crippen LogP contribution in [0.15, 0.2) is 6.07 Å². The maximum absolute atomic E-state index is 5.76. The molecule has 1 unspecified atom stereocenters. The molecule has 94 valence electrons. The maximum atomic E-state index is 5.76. The van der Waals surface area contributed by atoms with Gasteiger partial charge >= 0.3 is 0 Å². The lowest BCUT2D eigenvalue weighted by Gasteiger charge is -2.16. The van der Waals surface area contributed by atoms with Crippen molar-refractivity contribution in [3.63, 3.8) is 0 Å². The van der Waals surface area contributed by atoms with Gasteiger partial charge in [0.25, 0.3) is 0 Å². The highest BCUT2D eigenvalue weighted by atomic mass is 32.1. The molecular weight excluding hydrogens is 236 g/mol. The summed E-state index contributed by atoms with van der Waals surface area (Å²) in [4.78, 5) is 7.64. The van der Waals surface area contributed by atoms with Gasteiger partial charge in [0.2, 0.25) is 0 Å². The zero-order valence-corrected chi connectivity index (χ0v) is 11.0. The Bertz CT molecular complexity index is 429. The highest BCUT2D eigenvalue weighted by molar-refractivity contribution is 7.71. The second-order valence-corrected chi connectivity index (χ2v) is 4.69. The SMILES string of the molecule is CCOC(c1nc(=S)cc(COC)[nH]1)C1CC1. The fourth-order valence-electron chi connectivity index (χ4n) is 1.91. The molecule has 0 radical (unpaired) electrons. The van der Waals surface area contributed by atoms with Crippen molar-refractivity contribution in [1.29, 1.82) is 0 Å². The first kappa shape index (κ1) is 12.7. The lowest BCUT2D eigenvalue weighted by molar-refractivity contribution is 0.0394. The summed E-state index contributed by atoms with van der Waals surface area (Å²) in [6.07, 6.45) is 2.47. The molecule has 1 atom stereocenters. The van der Waals surface area contributed by atoms with Gasteiger partial charge in [-0.1, -0.05) is 12.2 Å². The number of methoxy groups -OCH3 is 1. The monoisotopic (exact) mass is 254 g/mol. The molecule has 1 saturated carbocycles. The summed E-state index contributed by atoms with van der Waals surface area (Å²) in [5.41, 5.74) is 0.952. The van der Waals surface area contributed by atoms with Crippen LogP contribution in [0.1, 0.15) is 37.4 Å². The Kier molecular flexibility index (Phi) is 4.25. The van der Waals surface area contributed by atoms with Gasteiger partial charge in [0.1, 0.15) is 16.6 Å². The number of ether oxygens (including phenoxy) is 2. The number of aromatic nitrogens is 2. The second kappa shape index (κ2) is 5.71. The molecule has 1 aliphatic carbocycles. The zero-order valence-electron chi connectivity index (χ0n) is 10.2. The molecule has 1 heterocycles. The van der Waals surface area contributed by atoms with Crippen molar-refractivity contribution in [3.8, 4) is 0 Å². The Hall–Kier alpha value is -0.780. The Morgan fingerprint density at radius 3 is 2.94 bits per heavy atom. The number of hydrogen-bond acceptors (Lipinski definition) is 4. The highest BCUT2D eigenvalue weighted by Gasteiger charge is 2.34. The Morgan fingerprint density at radius 1 is 1.59 bits per heavy atom. The number of hydrogen-bond donors (Lipinski definition) is 1. The first-order chi connectivity index (χ1) is 8.24. The summed E-state index contributed by atoms with van der Waals surface area (Å²) in [6, 6.07) is 1.83. The van der Waals surface area contributed by atoms with Crippen LogP contribution >= 0.6 is 12.2 Å². The van der Waals surface area contributed by atoms with E-state index in [0.29, 0.717) is 23.8 Å². The number of nitrogens with zero attached hydrogens (tertiary/aromatic N) is 1. The van der Waals surface area contributed by atoms with E-state index in [1.165, 1.54) is 12.8 Å². The van der Waals surface area contributed by atoms with Crippen LogP contribution in [0.2, 0.25) is 0 Å². The molecule has 0 amide bonds. The van der Waals surface area contributed by atoms with E-state index in [2.05, 4.69) is 9.97 Å². The standard InChI is InChI=1S/C12H18N2O2S/c1-3-16-11(8-4-5-8)12-13-9(7-15-2)6-10(17)14-12/h6,8,11H,3-5,7H2,1-2H3,(H,13,14,17). The summed E-state index contributed by atoms with van der Waals surface area (Å²) in [5.74, 6) is 1.43. The van der Waals surface area contributed by atoms with E-state index in [4.69, 9.17) is 21.7 Å². The first-order valence-electron chi connectivity index (χ1n) is 5.95. The Morgan fingerprint density at radius 2 is 2.35 bits per heavy atom. The fraction of sp³-hybridized carbons (Fsp3) is 0.667. The molecule has 4 nitrogen and oxygen atoms in total. The molecule has 0 aliphatic heterocycles. The highest BCUT2D eigenvalue weighted by Crippen LogP contribution is 2.42. The summed E-state index contributed by atoms with van der Waals surface area (Å²) >= 11 is 5.17. The van der Waals surface area contributed by atoms with Crippen molar-refractivity contribution in [2.45, 2.75) is 32.5 Å².